The second-order valence-corrected chi connectivity index (χ2v) is 5.09. The fraction of sp³-hybridized carbons (Fsp3) is 0.231. The molecule has 0 aliphatic heterocycles. The minimum absolute atomic E-state index is 0.200. The molecule has 1 aromatic heterocycles. The zero-order valence-corrected chi connectivity index (χ0v) is 12.4. The number of nitrogens with zero attached hydrogens (tertiary/aromatic N) is 1. The van der Waals surface area contributed by atoms with Crippen molar-refractivity contribution in [1.29, 1.82) is 0 Å². The first-order chi connectivity index (χ1) is 9.10. The first kappa shape index (κ1) is 14.1. The Hall–Kier alpha value is -1.28. The molecule has 0 saturated carbocycles. The summed E-state index contributed by atoms with van der Waals surface area (Å²) in [5, 5.41) is 0. The van der Waals surface area contributed by atoms with E-state index in [1.165, 1.54) is 12.1 Å². The standard InChI is InChI=1S/C13H12FIN2O2/c1-19-7-10-12(15)13(18)17-11(16-10)6-8-3-2-4-9(14)5-8/h2-5H,6-7H2,1H3,(H,16,17,18). The Balaban J connectivity index is 2.33. The van der Waals surface area contributed by atoms with Gasteiger partial charge in [-0.25, -0.2) is 9.37 Å². The maximum atomic E-state index is 13.1. The number of rotatable bonds is 4. The minimum atomic E-state index is -0.303. The molecule has 100 valence electrons. The average molecular weight is 374 g/mol. The molecule has 0 bridgehead atoms. The summed E-state index contributed by atoms with van der Waals surface area (Å²) in [6.45, 7) is 0.276. The number of halogens is 2. The molecule has 0 atom stereocenters. The summed E-state index contributed by atoms with van der Waals surface area (Å²) in [5.74, 6) is 0.200. The van der Waals surface area contributed by atoms with Crippen LogP contribution in [-0.4, -0.2) is 17.1 Å². The minimum Gasteiger partial charge on any atom is -0.378 e. The zero-order chi connectivity index (χ0) is 13.8. The van der Waals surface area contributed by atoms with Crippen LogP contribution in [-0.2, 0) is 17.8 Å². The van der Waals surface area contributed by atoms with E-state index < -0.39 is 0 Å². The molecule has 0 aliphatic rings. The number of aromatic amines is 1. The van der Waals surface area contributed by atoms with Crippen LogP contribution in [0, 0.1) is 9.39 Å². The largest absolute Gasteiger partial charge is 0.378 e. The molecule has 4 nitrogen and oxygen atoms in total. The number of ether oxygens (including phenoxy) is 1. The predicted molar refractivity (Wildman–Crippen MR) is 77.5 cm³/mol. The Morgan fingerprint density at radius 2 is 2.26 bits per heavy atom. The summed E-state index contributed by atoms with van der Waals surface area (Å²) < 4.78 is 18.6. The summed E-state index contributed by atoms with van der Waals surface area (Å²) in [5.41, 5.74) is 1.15. The number of hydrogen-bond acceptors (Lipinski definition) is 3. The summed E-state index contributed by atoms with van der Waals surface area (Å²) in [7, 11) is 1.55. The average Bonchev–Trinajstić information content (AvgIpc) is 2.35. The van der Waals surface area contributed by atoms with Gasteiger partial charge in [0.2, 0.25) is 0 Å². The Morgan fingerprint density at radius 3 is 2.95 bits per heavy atom. The van der Waals surface area contributed by atoms with Crippen LogP contribution in [0.5, 0.6) is 0 Å². The SMILES string of the molecule is COCc1nc(Cc2cccc(F)c2)[nH]c(=O)c1I. The maximum Gasteiger partial charge on any atom is 0.264 e. The third kappa shape index (κ3) is 3.60. The molecule has 1 aromatic carbocycles. The lowest BCUT2D eigenvalue weighted by Gasteiger charge is -2.06. The quantitative estimate of drug-likeness (QED) is 0.836. The zero-order valence-electron chi connectivity index (χ0n) is 10.2. The van der Waals surface area contributed by atoms with Crippen molar-refractivity contribution in [2.75, 3.05) is 7.11 Å². The van der Waals surface area contributed by atoms with Crippen LogP contribution in [0.2, 0.25) is 0 Å². The topological polar surface area (TPSA) is 55.0 Å². The van der Waals surface area contributed by atoms with Gasteiger partial charge in [-0.3, -0.25) is 4.79 Å². The first-order valence-electron chi connectivity index (χ1n) is 5.61. The van der Waals surface area contributed by atoms with Crippen molar-refractivity contribution in [2.45, 2.75) is 13.0 Å². The van der Waals surface area contributed by atoms with Gasteiger partial charge in [-0.15, -0.1) is 0 Å². The van der Waals surface area contributed by atoms with Gasteiger partial charge in [0, 0.05) is 13.5 Å². The van der Waals surface area contributed by atoms with E-state index in [1.54, 1.807) is 19.2 Å². The van der Waals surface area contributed by atoms with Crippen molar-refractivity contribution in [3.63, 3.8) is 0 Å². The molecule has 0 amide bonds. The Morgan fingerprint density at radius 1 is 1.47 bits per heavy atom. The number of benzene rings is 1. The molecule has 1 heterocycles. The van der Waals surface area contributed by atoms with Crippen LogP contribution in [0.25, 0.3) is 0 Å². The van der Waals surface area contributed by atoms with E-state index in [2.05, 4.69) is 9.97 Å². The predicted octanol–water partition coefficient (Wildman–Crippen LogP) is 2.25. The molecule has 0 aliphatic carbocycles. The molecule has 0 radical (unpaired) electrons. The fourth-order valence-corrected chi connectivity index (χ4v) is 2.12. The van der Waals surface area contributed by atoms with Crippen molar-refractivity contribution in [1.82, 2.24) is 9.97 Å². The van der Waals surface area contributed by atoms with Gasteiger partial charge in [0.25, 0.3) is 5.56 Å². The number of H-pyrrole nitrogens is 1. The van der Waals surface area contributed by atoms with Gasteiger partial charge in [-0.1, -0.05) is 12.1 Å². The lowest BCUT2D eigenvalue weighted by molar-refractivity contribution is 0.180. The summed E-state index contributed by atoms with van der Waals surface area (Å²) in [6, 6.07) is 6.22. The van der Waals surface area contributed by atoms with E-state index in [-0.39, 0.29) is 18.0 Å². The van der Waals surface area contributed by atoms with Crippen molar-refractivity contribution >= 4 is 22.6 Å². The molecule has 0 fully saturated rings. The van der Waals surface area contributed by atoms with Crippen LogP contribution in [0.1, 0.15) is 17.1 Å². The van der Waals surface area contributed by atoms with Crippen molar-refractivity contribution < 1.29 is 9.13 Å². The van der Waals surface area contributed by atoms with Gasteiger partial charge in [0.1, 0.15) is 15.2 Å². The van der Waals surface area contributed by atoms with Crippen LogP contribution in [0.3, 0.4) is 0 Å². The van der Waals surface area contributed by atoms with Crippen LogP contribution < -0.4 is 5.56 Å². The third-order valence-corrected chi connectivity index (χ3v) is 3.63. The van der Waals surface area contributed by atoms with Gasteiger partial charge >= 0.3 is 0 Å². The first-order valence-corrected chi connectivity index (χ1v) is 6.69. The van der Waals surface area contributed by atoms with Gasteiger partial charge in [0.15, 0.2) is 0 Å². The second kappa shape index (κ2) is 6.25. The van der Waals surface area contributed by atoms with Crippen molar-refractivity contribution in [2.24, 2.45) is 0 Å². The maximum absolute atomic E-state index is 13.1. The van der Waals surface area contributed by atoms with Crippen molar-refractivity contribution in [3.05, 3.63) is 61.1 Å². The van der Waals surface area contributed by atoms with E-state index in [4.69, 9.17) is 4.74 Å². The van der Waals surface area contributed by atoms with Gasteiger partial charge in [-0.2, -0.15) is 0 Å². The van der Waals surface area contributed by atoms with Gasteiger partial charge in [-0.05, 0) is 40.3 Å². The van der Waals surface area contributed by atoms with E-state index in [0.717, 1.165) is 5.56 Å². The molecule has 2 aromatic rings. The van der Waals surface area contributed by atoms with E-state index >= 15 is 0 Å². The molecule has 19 heavy (non-hydrogen) atoms. The second-order valence-electron chi connectivity index (χ2n) is 4.01. The highest BCUT2D eigenvalue weighted by atomic mass is 127. The highest BCUT2D eigenvalue weighted by molar-refractivity contribution is 14.1. The van der Waals surface area contributed by atoms with Crippen LogP contribution in [0.15, 0.2) is 29.1 Å². The highest BCUT2D eigenvalue weighted by Crippen LogP contribution is 2.10. The molecule has 0 saturated heterocycles. The number of methoxy groups -OCH3 is 1. The number of aromatic nitrogens is 2. The monoisotopic (exact) mass is 374 g/mol. The van der Waals surface area contributed by atoms with Gasteiger partial charge < -0.3 is 9.72 Å². The Kier molecular flexibility index (Phi) is 4.65. The number of nitrogens with one attached hydrogen (secondary N) is 1. The van der Waals surface area contributed by atoms with Gasteiger partial charge in [0.05, 0.1) is 12.3 Å². The normalized spacial score (nSPS) is 10.7. The molecular formula is C13H12FIN2O2. The van der Waals surface area contributed by atoms with Crippen molar-refractivity contribution in [3.8, 4) is 0 Å². The highest BCUT2D eigenvalue weighted by Gasteiger charge is 2.09. The molecule has 0 spiro atoms. The molecule has 0 unspecified atom stereocenters. The van der Waals surface area contributed by atoms with E-state index in [9.17, 15) is 9.18 Å². The molecule has 6 heteroatoms. The van der Waals surface area contributed by atoms with Crippen LogP contribution >= 0.6 is 22.6 Å². The molecular weight excluding hydrogens is 362 g/mol. The van der Waals surface area contributed by atoms with E-state index in [0.29, 0.717) is 21.5 Å². The molecule has 1 N–H and O–H groups in total. The Bertz CT molecular complexity index is 643. The summed E-state index contributed by atoms with van der Waals surface area (Å²) in [6.07, 6.45) is 0.376. The van der Waals surface area contributed by atoms with Crippen LogP contribution in [0.4, 0.5) is 4.39 Å². The lowest BCUT2D eigenvalue weighted by atomic mass is 10.1. The Labute approximate surface area is 123 Å². The number of hydrogen-bond donors (Lipinski definition) is 1. The fourth-order valence-electron chi connectivity index (χ4n) is 1.71. The smallest absolute Gasteiger partial charge is 0.264 e. The lowest BCUT2D eigenvalue weighted by Crippen LogP contribution is -2.18. The third-order valence-electron chi connectivity index (χ3n) is 2.52. The van der Waals surface area contributed by atoms with E-state index in [1.807, 2.05) is 22.6 Å². The summed E-state index contributed by atoms with van der Waals surface area (Å²) >= 11 is 1.94. The summed E-state index contributed by atoms with van der Waals surface area (Å²) in [4.78, 5) is 18.8. The molecule has 2 rings (SSSR count).